The van der Waals surface area contributed by atoms with Crippen molar-refractivity contribution in [2.75, 3.05) is 6.61 Å². The minimum atomic E-state index is -0.506. The second kappa shape index (κ2) is 11.2. The van der Waals surface area contributed by atoms with Crippen LogP contribution in [0.1, 0.15) is 39.7 Å². The Labute approximate surface area is 182 Å². The molecule has 0 aliphatic heterocycles. The predicted molar refractivity (Wildman–Crippen MR) is 117 cm³/mol. The molecular formula is C24H28N2O5. The number of hydrogen-bond donors (Lipinski definition) is 1. The van der Waals surface area contributed by atoms with E-state index in [1.54, 1.807) is 24.3 Å². The third kappa shape index (κ3) is 8.52. The fourth-order valence-corrected chi connectivity index (χ4v) is 2.57. The summed E-state index contributed by atoms with van der Waals surface area (Å²) in [5, 5.41) is 18.3. The molecule has 0 atom stereocenters. The van der Waals surface area contributed by atoms with Crippen molar-refractivity contribution in [3.05, 3.63) is 71.6 Å². The van der Waals surface area contributed by atoms with Gasteiger partial charge in [0.1, 0.15) is 29.4 Å². The van der Waals surface area contributed by atoms with E-state index in [0.29, 0.717) is 11.4 Å². The molecule has 31 heavy (non-hydrogen) atoms. The minimum Gasteiger partial charge on any atom is -0.509 e. The Morgan fingerprint density at radius 2 is 1.65 bits per heavy atom. The Kier molecular flexibility index (Phi) is 8.63. The summed E-state index contributed by atoms with van der Waals surface area (Å²) in [6.45, 7) is 7.04. The van der Waals surface area contributed by atoms with Crippen molar-refractivity contribution in [2.45, 2.75) is 46.3 Å². The van der Waals surface area contributed by atoms with E-state index in [1.165, 1.54) is 6.92 Å². The van der Waals surface area contributed by atoms with E-state index in [9.17, 15) is 14.7 Å². The van der Waals surface area contributed by atoms with Crippen LogP contribution < -0.4 is 4.74 Å². The Balaban J connectivity index is 2.06. The average molecular weight is 424 g/mol. The number of ether oxygens (including phenoxy) is 2. The van der Waals surface area contributed by atoms with Crippen molar-refractivity contribution >= 4 is 17.3 Å². The van der Waals surface area contributed by atoms with E-state index in [4.69, 9.17) is 9.47 Å². The maximum atomic E-state index is 12.1. The highest BCUT2D eigenvalue weighted by Crippen LogP contribution is 2.31. The van der Waals surface area contributed by atoms with Gasteiger partial charge < -0.3 is 14.6 Å². The van der Waals surface area contributed by atoms with E-state index >= 15 is 0 Å². The van der Waals surface area contributed by atoms with Gasteiger partial charge in [0.05, 0.1) is 13.0 Å². The number of aliphatic hydroxyl groups is 1. The fourth-order valence-electron chi connectivity index (χ4n) is 2.57. The molecule has 2 rings (SSSR count). The highest BCUT2D eigenvalue weighted by Gasteiger charge is 2.17. The zero-order chi connectivity index (χ0) is 22.9. The first-order chi connectivity index (χ1) is 14.7. The van der Waals surface area contributed by atoms with Crippen LogP contribution in [0.25, 0.3) is 0 Å². The summed E-state index contributed by atoms with van der Waals surface area (Å²) in [7, 11) is 0. The Hall–Kier alpha value is -3.32. The van der Waals surface area contributed by atoms with Gasteiger partial charge in [-0.1, -0.05) is 42.5 Å². The van der Waals surface area contributed by atoms with Gasteiger partial charge in [0, 0.05) is 6.92 Å². The summed E-state index contributed by atoms with van der Waals surface area (Å²) < 4.78 is 11.2. The van der Waals surface area contributed by atoms with Gasteiger partial charge in [-0.05, 0) is 38.5 Å². The maximum Gasteiger partial charge on any atom is 0.183 e. The number of allylic oxidation sites excluding steroid dienone is 2. The predicted octanol–water partition coefficient (Wildman–Crippen LogP) is 5.48. The summed E-state index contributed by atoms with van der Waals surface area (Å²) in [4.78, 5) is 24.1. The number of rotatable bonds is 10. The molecule has 0 heterocycles. The van der Waals surface area contributed by atoms with E-state index in [0.717, 1.165) is 5.56 Å². The van der Waals surface area contributed by atoms with Crippen molar-refractivity contribution in [3.8, 4) is 5.75 Å². The molecule has 0 aromatic heterocycles. The first kappa shape index (κ1) is 24.0. The highest BCUT2D eigenvalue weighted by molar-refractivity contribution is 5.94. The second-order valence-electron chi connectivity index (χ2n) is 7.93. The Morgan fingerprint density at radius 3 is 2.29 bits per heavy atom. The van der Waals surface area contributed by atoms with E-state index < -0.39 is 17.1 Å². The van der Waals surface area contributed by atoms with Crippen molar-refractivity contribution < 1.29 is 24.2 Å². The van der Waals surface area contributed by atoms with E-state index in [-0.39, 0.29) is 31.1 Å². The monoisotopic (exact) mass is 424 g/mol. The first-order valence-electron chi connectivity index (χ1n) is 9.92. The summed E-state index contributed by atoms with van der Waals surface area (Å²) in [5.74, 6) is -0.836. The van der Waals surface area contributed by atoms with E-state index in [2.05, 4.69) is 10.2 Å². The largest absolute Gasteiger partial charge is 0.509 e. The number of aliphatic hydroxyl groups excluding tert-OH is 1. The van der Waals surface area contributed by atoms with Gasteiger partial charge in [0.15, 0.2) is 17.3 Å². The number of ketones is 2. The van der Waals surface area contributed by atoms with Crippen LogP contribution in [0.3, 0.4) is 0 Å². The van der Waals surface area contributed by atoms with Gasteiger partial charge in [0.25, 0.3) is 0 Å². The average Bonchev–Trinajstić information content (AvgIpc) is 2.68. The molecule has 7 heteroatoms. The molecule has 0 aliphatic rings. The van der Waals surface area contributed by atoms with Crippen molar-refractivity contribution in [1.29, 1.82) is 0 Å². The number of benzene rings is 2. The Morgan fingerprint density at radius 1 is 1.00 bits per heavy atom. The topological polar surface area (TPSA) is 97.5 Å². The molecule has 0 fully saturated rings. The van der Waals surface area contributed by atoms with Crippen LogP contribution in [-0.2, 0) is 20.9 Å². The SMILES string of the molecule is CC(=O)C(N=Nc1ccccc1OC(C)(C)C)=C(O)CC(=O)COCc1ccccc1. The van der Waals surface area contributed by atoms with Gasteiger partial charge in [-0.25, -0.2) is 0 Å². The zero-order valence-electron chi connectivity index (χ0n) is 18.3. The molecule has 7 nitrogen and oxygen atoms in total. The molecule has 0 amide bonds. The van der Waals surface area contributed by atoms with E-state index in [1.807, 2.05) is 51.1 Å². The molecule has 0 radical (unpaired) electrons. The fraction of sp³-hybridized carbons (Fsp3) is 0.333. The lowest BCUT2D eigenvalue weighted by Gasteiger charge is -2.21. The molecule has 0 aliphatic carbocycles. The number of para-hydroxylation sites is 1. The van der Waals surface area contributed by atoms with Crippen LogP contribution in [0.15, 0.2) is 76.3 Å². The van der Waals surface area contributed by atoms with Crippen molar-refractivity contribution in [2.24, 2.45) is 10.2 Å². The molecule has 164 valence electrons. The van der Waals surface area contributed by atoms with Gasteiger partial charge in [0.2, 0.25) is 0 Å². The minimum absolute atomic E-state index is 0.191. The first-order valence-corrected chi connectivity index (χ1v) is 9.92. The van der Waals surface area contributed by atoms with Crippen LogP contribution in [0, 0.1) is 0 Å². The lowest BCUT2D eigenvalue weighted by atomic mass is 10.2. The quantitative estimate of drug-likeness (QED) is 0.309. The van der Waals surface area contributed by atoms with Crippen LogP contribution in [0.4, 0.5) is 5.69 Å². The van der Waals surface area contributed by atoms with Crippen LogP contribution in [0.5, 0.6) is 5.75 Å². The van der Waals surface area contributed by atoms with Crippen LogP contribution >= 0.6 is 0 Å². The molecule has 2 aromatic rings. The van der Waals surface area contributed by atoms with Crippen LogP contribution in [-0.4, -0.2) is 28.9 Å². The molecule has 2 aromatic carbocycles. The smallest absolute Gasteiger partial charge is 0.183 e. The van der Waals surface area contributed by atoms with Gasteiger partial charge >= 0.3 is 0 Å². The van der Waals surface area contributed by atoms with Crippen molar-refractivity contribution in [1.82, 2.24) is 0 Å². The van der Waals surface area contributed by atoms with Gasteiger partial charge in [-0.15, -0.1) is 10.2 Å². The number of carbonyl (C=O) groups is 2. The normalized spacial score (nSPS) is 12.5. The molecular weight excluding hydrogens is 396 g/mol. The molecule has 0 unspecified atom stereocenters. The van der Waals surface area contributed by atoms with Gasteiger partial charge in [-0.2, -0.15) is 0 Å². The summed E-state index contributed by atoms with van der Waals surface area (Å²) >= 11 is 0. The molecule has 0 bridgehead atoms. The van der Waals surface area contributed by atoms with Crippen molar-refractivity contribution in [3.63, 3.8) is 0 Å². The van der Waals surface area contributed by atoms with Gasteiger partial charge in [-0.3, -0.25) is 9.59 Å². The zero-order valence-corrected chi connectivity index (χ0v) is 18.3. The maximum absolute atomic E-state index is 12.1. The lowest BCUT2D eigenvalue weighted by Crippen LogP contribution is -2.22. The summed E-state index contributed by atoms with van der Waals surface area (Å²) in [6.07, 6.45) is -0.372. The standard InChI is InChI=1S/C24H28N2O5/c1-17(27)23(26-25-20-12-8-9-13-22(20)31-24(2,3)4)21(29)14-19(28)16-30-15-18-10-6-5-7-11-18/h5-13,29H,14-16H2,1-4H3. The number of Topliss-reactive ketones (excluding diaryl/α,β-unsaturated/α-hetero) is 2. The number of nitrogens with zero attached hydrogens (tertiary/aromatic N) is 2. The Bertz CT molecular complexity index is 959. The molecule has 1 N–H and O–H groups in total. The second-order valence-corrected chi connectivity index (χ2v) is 7.93. The number of carbonyl (C=O) groups excluding carboxylic acids is 2. The summed E-state index contributed by atoms with van der Waals surface area (Å²) in [6, 6.07) is 16.4. The number of azo groups is 1. The summed E-state index contributed by atoms with van der Waals surface area (Å²) in [5.41, 5.74) is 0.618. The highest BCUT2D eigenvalue weighted by atomic mass is 16.5. The lowest BCUT2D eigenvalue weighted by molar-refractivity contribution is -0.123. The third-order valence-corrected chi connectivity index (χ3v) is 3.89. The third-order valence-electron chi connectivity index (χ3n) is 3.89. The molecule has 0 spiro atoms. The van der Waals surface area contributed by atoms with Crippen LogP contribution in [0.2, 0.25) is 0 Å². The molecule has 0 saturated carbocycles. The molecule has 0 saturated heterocycles. The number of hydrogen-bond acceptors (Lipinski definition) is 7.